The third kappa shape index (κ3) is 3.38. The van der Waals surface area contributed by atoms with E-state index >= 15 is 0 Å². The maximum Gasteiger partial charge on any atom is 0.334 e. The van der Waals surface area contributed by atoms with E-state index in [1.54, 1.807) is 20.8 Å². The normalized spacial score (nSPS) is 47.5. The minimum atomic E-state index is -1.65. The molecule has 3 saturated carbocycles. The maximum atomic E-state index is 14.1. The van der Waals surface area contributed by atoms with Crippen molar-refractivity contribution in [2.24, 2.45) is 28.6 Å². The van der Waals surface area contributed by atoms with Crippen molar-refractivity contribution in [1.29, 1.82) is 0 Å². The SMILES string of the molecule is CCC1=C(C)C(=O)OC(C(C)(O)[C@H]2CC[C@@]3(O)C4=CC(=O)[C@@H]5C[C@@H](O)[C@@H](O)C[C@]5(C)[C@H]4CC(=O)[C@]23C)C1. The highest BCUT2D eigenvalue weighted by Gasteiger charge is 2.72. The molecule has 204 valence electrons. The van der Waals surface area contributed by atoms with Gasteiger partial charge < -0.3 is 25.2 Å². The van der Waals surface area contributed by atoms with Gasteiger partial charge in [-0.05, 0) is 75.9 Å². The molecule has 0 radical (unpaired) electrons. The number of carbonyl (C=O) groups excluding carboxylic acids is 3. The fraction of sp³-hybridized carbons (Fsp3) is 0.759. The van der Waals surface area contributed by atoms with Gasteiger partial charge in [-0.15, -0.1) is 0 Å². The Morgan fingerprint density at radius 3 is 2.43 bits per heavy atom. The Morgan fingerprint density at radius 1 is 1.11 bits per heavy atom. The molecule has 0 amide bonds. The number of rotatable bonds is 3. The van der Waals surface area contributed by atoms with Gasteiger partial charge in [-0.2, -0.15) is 0 Å². The van der Waals surface area contributed by atoms with Gasteiger partial charge in [0.25, 0.3) is 0 Å². The van der Waals surface area contributed by atoms with E-state index in [0.717, 1.165) is 5.57 Å². The summed E-state index contributed by atoms with van der Waals surface area (Å²) in [7, 11) is 0. The van der Waals surface area contributed by atoms with Crippen LogP contribution in [0.4, 0.5) is 0 Å². The van der Waals surface area contributed by atoms with E-state index in [9.17, 15) is 34.8 Å². The van der Waals surface area contributed by atoms with E-state index in [1.807, 2.05) is 13.8 Å². The zero-order valence-electron chi connectivity index (χ0n) is 22.4. The van der Waals surface area contributed by atoms with Crippen LogP contribution in [-0.4, -0.2) is 67.5 Å². The summed E-state index contributed by atoms with van der Waals surface area (Å²) in [5.41, 5.74) is -3.43. The molecule has 0 spiro atoms. The number of cyclic esters (lactones) is 1. The minimum Gasteiger partial charge on any atom is -0.456 e. The Balaban J connectivity index is 1.55. The van der Waals surface area contributed by atoms with Gasteiger partial charge >= 0.3 is 5.97 Å². The van der Waals surface area contributed by atoms with Crippen molar-refractivity contribution in [3.05, 3.63) is 22.8 Å². The standard InChI is InChI=1S/C29H40O8/c1-6-15-9-24(37-25(34)14(15)2)28(5,35)22-7-8-29(36)17-10-19(30)18-11-20(31)21(32)13-26(18,3)16(17)12-23(33)27(22,29)4/h10,16,18,20-22,24,31-32,35-36H,6-9,11-13H2,1-5H3/t16-,18-,20+,21-,22-,24?,26+,27-,28?,29+/m0/s1. The number of hydrogen-bond acceptors (Lipinski definition) is 8. The summed E-state index contributed by atoms with van der Waals surface area (Å²) in [6.45, 7) is 8.83. The van der Waals surface area contributed by atoms with Gasteiger partial charge in [0, 0.05) is 30.3 Å². The van der Waals surface area contributed by atoms with Crippen molar-refractivity contribution in [2.45, 2.75) is 109 Å². The highest BCUT2D eigenvalue weighted by atomic mass is 16.6. The fourth-order valence-electron chi connectivity index (χ4n) is 8.76. The molecule has 8 heteroatoms. The molecule has 8 nitrogen and oxygen atoms in total. The van der Waals surface area contributed by atoms with E-state index in [4.69, 9.17) is 4.74 Å². The average Bonchev–Trinajstić information content (AvgIpc) is 3.12. The second-order valence-corrected chi connectivity index (χ2v) is 12.9. The summed E-state index contributed by atoms with van der Waals surface area (Å²) < 4.78 is 5.67. The third-order valence-corrected chi connectivity index (χ3v) is 11.3. The Hall–Kier alpha value is -1.87. The molecule has 0 aromatic carbocycles. The van der Waals surface area contributed by atoms with Gasteiger partial charge in [0.15, 0.2) is 5.78 Å². The van der Waals surface area contributed by atoms with Crippen molar-refractivity contribution in [3.63, 3.8) is 0 Å². The average molecular weight is 517 g/mol. The number of ether oxygens (including phenoxy) is 1. The lowest BCUT2D eigenvalue weighted by atomic mass is 9.45. The first-order valence-corrected chi connectivity index (χ1v) is 13.6. The van der Waals surface area contributed by atoms with E-state index in [0.29, 0.717) is 30.4 Å². The van der Waals surface area contributed by atoms with E-state index in [-0.39, 0.29) is 37.2 Å². The van der Waals surface area contributed by atoms with Gasteiger partial charge in [-0.3, -0.25) is 9.59 Å². The minimum absolute atomic E-state index is 0.0734. The highest BCUT2D eigenvalue weighted by Crippen LogP contribution is 2.67. The second kappa shape index (κ2) is 8.31. The number of aliphatic hydroxyl groups excluding tert-OH is 2. The molecule has 3 fully saturated rings. The number of hydrogen-bond donors (Lipinski definition) is 4. The fourth-order valence-corrected chi connectivity index (χ4v) is 8.76. The lowest BCUT2D eigenvalue weighted by Crippen LogP contribution is -2.66. The molecule has 1 aliphatic heterocycles. The first-order chi connectivity index (χ1) is 17.1. The topological polar surface area (TPSA) is 141 Å². The molecule has 4 N–H and O–H groups in total. The second-order valence-electron chi connectivity index (χ2n) is 12.9. The van der Waals surface area contributed by atoms with Crippen LogP contribution in [0.15, 0.2) is 22.8 Å². The lowest BCUT2D eigenvalue weighted by Gasteiger charge is -2.59. The summed E-state index contributed by atoms with van der Waals surface area (Å²) in [6, 6.07) is 0. The van der Waals surface area contributed by atoms with E-state index in [1.165, 1.54) is 6.08 Å². The monoisotopic (exact) mass is 516 g/mol. The number of allylic oxidation sites excluding steroid dienone is 1. The predicted molar refractivity (Wildman–Crippen MR) is 133 cm³/mol. The van der Waals surface area contributed by atoms with Crippen LogP contribution in [0.25, 0.3) is 0 Å². The van der Waals surface area contributed by atoms with Gasteiger partial charge in [0.2, 0.25) is 0 Å². The molecule has 4 aliphatic carbocycles. The summed E-state index contributed by atoms with van der Waals surface area (Å²) in [5.74, 6) is -2.55. The van der Waals surface area contributed by atoms with Crippen molar-refractivity contribution in [3.8, 4) is 0 Å². The number of aliphatic hydroxyl groups is 4. The van der Waals surface area contributed by atoms with Crippen LogP contribution in [0, 0.1) is 28.6 Å². The molecule has 0 aromatic rings. The molecular formula is C29H40O8. The Kier molecular flexibility index (Phi) is 6.00. The van der Waals surface area contributed by atoms with E-state index in [2.05, 4.69) is 0 Å². The van der Waals surface area contributed by atoms with Gasteiger partial charge in [-0.25, -0.2) is 4.79 Å². The molecule has 10 atom stereocenters. The molecule has 2 unspecified atom stereocenters. The molecule has 0 aromatic heterocycles. The molecule has 0 bridgehead atoms. The van der Waals surface area contributed by atoms with Gasteiger partial charge in [0.1, 0.15) is 17.5 Å². The van der Waals surface area contributed by atoms with Crippen molar-refractivity contribution in [2.75, 3.05) is 0 Å². The molecule has 37 heavy (non-hydrogen) atoms. The predicted octanol–water partition coefficient (Wildman–Crippen LogP) is 2.16. The largest absolute Gasteiger partial charge is 0.456 e. The van der Waals surface area contributed by atoms with Gasteiger partial charge in [-0.1, -0.05) is 19.4 Å². The molecule has 1 heterocycles. The summed E-state index contributed by atoms with van der Waals surface area (Å²) >= 11 is 0. The Bertz CT molecular complexity index is 1120. The number of esters is 1. The molecule has 5 aliphatic rings. The highest BCUT2D eigenvalue weighted by molar-refractivity contribution is 5.98. The van der Waals surface area contributed by atoms with Crippen LogP contribution < -0.4 is 0 Å². The summed E-state index contributed by atoms with van der Waals surface area (Å²) in [4.78, 5) is 40.0. The summed E-state index contributed by atoms with van der Waals surface area (Å²) in [5, 5.41) is 45.0. The van der Waals surface area contributed by atoms with Crippen molar-refractivity contribution in [1.82, 2.24) is 0 Å². The zero-order valence-corrected chi connectivity index (χ0v) is 22.4. The Labute approximate surface area is 217 Å². The van der Waals surface area contributed by atoms with Gasteiger partial charge in [0.05, 0.1) is 23.2 Å². The first kappa shape index (κ1) is 26.7. The number of fused-ring (bicyclic) bond motifs is 5. The van der Waals surface area contributed by atoms with Crippen LogP contribution in [0.1, 0.15) is 79.6 Å². The number of Topliss-reactive ketones (excluding diaryl/α,β-unsaturated/α-hetero) is 1. The number of carbonyl (C=O) groups is 3. The van der Waals surface area contributed by atoms with Crippen LogP contribution >= 0.6 is 0 Å². The lowest BCUT2D eigenvalue weighted by molar-refractivity contribution is -0.192. The van der Waals surface area contributed by atoms with Crippen LogP contribution in [0.5, 0.6) is 0 Å². The van der Waals surface area contributed by atoms with Crippen LogP contribution in [0.3, 0.4) is 0 Å². The first-order valence-electron chi connectivity index (χ1n) is 13.6. The van der Waals surface area contributed by atoms with E-state index < -0.39 is 64.1 Å². The van der Waals surface area contributed by atoms with Crippen LogP contribution in [-0.2, 0) is 19.1 Å². The van der Waals surface area contributed by atoms with Crippen molar-refractivity contribution >= 4 is 17.5 Å². The smallest absolute Gasteiger partial charge is 0.334 e. The zero-order chi connectivity index (χ0) is 27.3. The molecular weight excluding hydrogens is 476 g/mol. The van der Waals surface area contributed by atoms with Crippen LogP contribution in [0.2, 0.25) is 0 Å². The Morgan fingerprint density at radius 2 is 1.78 bits per heavy atom. The maximum absolute atomic E-state index is 14.1. The molecule has 0 saturated heterocycles. The number of ketones is 2. The summed E-state index contributed by atoms with van der Waals surface area (Å²) in [6.07, 6.45) is 0.501. The van der Waals surface area contributed by atoms with Crippen molar-refractivity contribution < 1.29 is 39.5 Å². The third-order valence-electron chi connectivity index (χ3n) is 11.3. The molecule has 5 rings (SSSR count). The quantitative estimate of drug-likeness (QED) is 0.418.